The van der Waals surface area contributed by atoms with E-state index in [1.807, 2.05) is 0 Å². The molecular weight excluding hydrogens is 259 g/mol. The van der Waals surface area contributed by atoms with Crippen molar-refractivity contribution in [1.82, 2.24) is 0 Å². The monoisotopic (exact) mass is 292 g/mol. The first-order chi connectivity index (χ1) is 9.18. The molecule has 0 radical (unpaired) electrons. The maximum atomic E-state index is 12.5. The van der Waals surface area contributed by atoms with Gasteiger partial charge in [0.15, 0.2) is 0 Å². The molecule has 0 amide bonds. The van der Waals surface area contributed by atoms with Crippen LogP contribution in [0.5, 0.6) is 0 Å². The average molecular weight is 292 g/mol. The molecule has 116 valence electrons. The van der Waals surface area contributed by atoms with E-state index in [9.17, 15) is 4.57 Å². The molecule has 1 unspecified atom stereocenters. The normalized spacial score (nSPS) is 14.5. The Morgan fingerprint density at radius 1 is 0.684 bits per heavy atom. The second-order valence-electron chi connectivity index (χ2n) is 5.12. The van der Waals surface area contributed by atoms with Gasteiger partial charge >= 0.3 is 7.60 Å². The van der Waals surface area contributed by atoms with Crippen LogP contribution in [0.3, 0.4) is 0 Å². The molecule has 0 fully saturated rings. The van der Waals surface area contributed by atoms with E-state index in [4.69, 9.17) is 9.05 Å². The molecule has 0 aliphatic heterocycles. The molecule has 0 bridgehead atoms. The fourth-order valence-electron chi connectivity index (χ4n) is 1.78. The van der Waals surface area contributed by atoms with Crippen LogP contribution in [0.25, 0.3) is 0 Å². The van der Waals surface area contributed by atoms with Crippen molar-refractivity contribution in [2.45, 2.75) is 78.6 Å². The molecule has 0 rings (SSSR count). The van der Waals surface area contributed by atoms with Crippen LogP contribution in [-0.2, 0) is 13.6 Å². The van der Waals surface area contributed by atoms with Gasteiger partial charge in [-0.25, -0.2) is 0 Å². The first-order valence-corrected chi connectivity index (χ1v) is 9.79. The van der Waals surface area contributed by atoms with Crippen molar-refractivity contribution >= 4 is 7.60 Å². The SMILES string of the molecule is CCCCCCCOP(=O)(CCCC)OCCCC. The quantitative estimate of drug-likeness (QED) is 0.300. The first kappa shape index (κ1) is 19.1. The summed E-state index contributed by atoms with van der Waals surface area (Å²) in [4.78, 5) is 0. The molecule has 0 aliphatic carbocycles. The van der Waals surface area contributed by atoms with E-state index in [1.54, 1.807) is 0 Å². The lowest BCUT2D eigenvalue weighted by atomic mass is 10.2. The van der Waals surface area contributed by atoms with Crippen LogP contribution in [-0.4, -0.2) is 19.4 Å². The number of hydrogen-bond donors (Lipinski definition) is 0. The summed E-state index contributed by atoms with van der Waals surface area (Å²) in [5.74, 6) is 0. The van der Waals surface area contributed by atoms with Crippen LogP contribution in [0.1, 0.15) is 78.6 Å². The first-order valence-electron chi connectivity index (χ1n) is 8.06. The highest BCUT2D eigenvalue weighted by molar-refractivity contribution is 7.53. The second kappa shape index (κ2) is 13.1. The summed E-state index contributed by atoms with van der Waals surface area (Å²) in [6, 6.07) is 0. The van der Waals surface area contributed by atoms with Gasteiger partial charge in [-0.15, -0.1) is 0 Å². The second-order valence-corrected chi connectivity index (χ2v) is 7.31. The van der Waals surface area contributed by atoms with E-state index in [0.717, 1.165) is 38.5 Å². The van der Waals surface area contributed by atoms with Gasteiger partial charge < -0.3 is 9.05 Å². The Bertz CT molecular complexity index is 231. The average Bonchev–Trinajstić information content (AvgIpc) is 2.41. The Morgan fingerprint density at radius 2 is 1.21 bits per heavy atom. The Labute approximate surface area is 120 Å². The van der Waals surface area contributed by atoms with Gasteiger partial charge in [-0.2, -0.15) is 0 Å². The molecule has 4 heteroatoms. The minimum atomic E-state index is -2.82. The maximum Gasteiger partial charge on any atom is 0.330 e. The van der Waals surface area contributed by atoms with E-state index < -0.39 is 7.60 Å². The highest BCUT2D eigenvalue weighted by Crippen LogP contribution is 2.49. The fourth-order valence-corrected chi connectivity index (χ4v) is 3.63. The number of rotatable bonds is 14. The lowest BCUT2D eigenvalue weighted by Gasteiger charge is -2.18. The molecule has 0 aromatic heterocycles. The Kier molecular flexibility index (Phi) is 13.3. The summed E-state index contributed by atoms with van der Waals surface area (Å²) in [7, 11) is -2.82. The molecule has 0 saturated carbocycles. The van der Waals surface area contributed by atoms with Crippen molar-refractivity contribution in [3.05, 3.63) is 0 Å². The van der Waals surface area contributed by atoms with Gasteiger partial charge in [0.1, 0.15) is 0 Å². The topological polar surface area (TPSA) is 35.5 Å². The summed E-state index contributed by atoms with van der Waals surface area (Å²) >= 11 is 0. The van der Waals surface area contributed by atoms with E-state index in [-0.39, 0.29) is 0 Å². The molecule has 3 nitrogen and oxygen atoms in total. The van der Waals surface area contributed by atoms with E-state index in [0.29, 0.717) is 19.4 Å². The minimum absolute atomic E-state index is 0.563. The predicted octanol–water partition coefficient (Wildman–Crippen LogP) is 5.78. The van der Waals surface area contributed by atoms with E-state index in [1.165, 1.54) is 19.3 Å². The molecule has 0 spiro atoms. The molecule has 0 heterocycles. The molecule has 0 aromatic rings. The smallest absolute Gasteiger partial charge is 0.309 e. The fraction of sp³-hybridized carbons (Fsp3) is 1.00. The van der Waals surface area contributed by atoms with Crippen LogP contribution >= 0.6 is 7.60 Å². The zero-order valence-electron chi connectivity index (χ0n) is 13.2. The van der Waals surface area contributed by atoms with Crippen molar-refractivity contribution in [2.24, 2.45) is 0 Å². The molecule has 19 heavy (non-hydrogen) atoms. The van der Waals surface area contributed by atoms with Gasteiger partial charge in [-0.1, -0.05) is 59.3 Å². The molecule has 0 saturated heterocycles. The summed E-state index contributed by atoms with van der Waals surface area (Å²) in [6.07, 6.45) is 10.5. The summed E-state index contributed by atoms with van der Waals surface area (Å²) in [6.45, 7) is 7.55. The molecule has 0 aromatic carbocycles. The van der Waals surface area contributed by atoms with Crippen molar-refractivity contribution in [1.29, 1.82) is 0 Å². The Balaban J connectivity index is 3.87. The zero-order valence-corrected chi connectivity index (χ0v) is 14.1. The minimum Gasteiger partial charge on any atom is -0.309 e. The van der Waals surface area contributed by atoms with Gasteiger partial charge in [0.05, 0.1) is 19.4 Å². The predicted molar refractivity (Wildman–Crippen MR) is 83.0 cm³/mol. The van der Waals surface area contributed by atoms with Crippen LogP contribution in [0.2, 0.25) is 0 Å². The van der Waals surface area contributed by atoms with Gasteiger partial charge in [0.2, 0.25) is 0 Å². The number of hydrogen-bond acceptors (Lipinski definition) is 3. The number of unbranched alkanes of at least 4 members (excludes halogenated alkanes) is 6. The van der Waals surface area contributed by atoms with Crippen LogP contribution in [0.4, 0.5) is 0 Å². The third kappa shape index (κ3) is 11.7. The van der Waals surface area contributed by atoms with Gasteiger partial charge in [-0.3, -0.25) is 4.57 Å². The van der Waals surface area contributed by atoms with E-state index >= 15 is 0 Å². The standard InChI is InChI=1S/C15H33O3P/c1-4-7-10-11-12-14-18-19(16,15-9-6-3)17-13-8-5-2/h4-15H2,1-3H3. The van der Waals surface area contributed by atoms with Crippen LogP contribution in [0.15, 0.2) is 0 Å². The highest BCUT2D eigenvalue weighted by atomic mass is 31.2. The Morgan fingerprint density at radius 3 is 1.79 bits per heavy atom. The molecule has 0 aliphatic rings. The van der Waals surface area contributed by atoms with Crippen molar-refractivity contribution < 1.29 is 13.6 Å². The highest BCUT2D eigenvalue weighted by Gasteiger charge is 2.23. The van der Waals surface area contributed by atoms with Crippen LogP contribution in [0, 0.1) is 0 Å². The zero-order chi connectivity index (χ0) is 14.4. The third-order valence-corrected chi connectivity index (χ3v) is 5.12. The maximum absolute atomic E-state index is 12.5. The van der Waals surface area contributed by atoms with E-state index in [2.05, 4.69) is 20.8 Å². The van der Waals surface area contributed by atoms with Crippen molar-refractivity contribution in [3.8, 4) is 0 Å². The summed E-state index contributed by atoms with van der Waals surface area (Å²) in [5.41, 5.74) is 0. The largest absolute Gasteiger partial charge is 0.330 e. The van der Waals surface area contributed by atoms with Gasteiger partial charge in [-0.05, 0) is 19.3 Å². The lowest BCUT2D eigenvalue weighted by Crippen LogP contribution is -2.03. The Hall–Kier alpha value is 0.150. The van der Waals surface area contributed by atoms with Crippen LogP contribution < -0.4 is 0 Å². The lowest BCUT2D eigenvalue weighted by molar-refractivity contribution is 0.198. The van der Waals surface area contributed by atoms with Crippen molar-refractivity contribution in [3.63, 3.8) is 0 Å². The molecule has 1 atom stereocenters. The summed E-state index contributed by atoms with van der Waals surface area (Å²) in [5, 5.41) is 0. The third-order valence-electron chi connectivity index (χ3n) is 3.11. The van der Waals surface area contributed by atoms with Crippen molar-refractivity contribution in [2.75, 3.05) is 19.4 Å². The summed E-state index contributed by atoms with van der Waals surface area (Å²) < 4.78 is 23.6. The molecular formula is C15H33O3P. The molecule has 0 N–H and O–H groups in total. The van der Waals surface area contributed by atoms with Gasteiger partial charge in [0, 0.05) is 0 Å². The van der Waals surface area contributed by atoms with Gasteiger partial charge in [0.25, 0.3) is 0 Å².